The predicted molar refractivity (Wildman–Crippen MR) is 71.6 cm³/mol. The molecular weight excluding hydrogens is 238 g/mol. The molecule has 1 aromatic heterocycles. The maximum atomic E-state index is 11.4. The molecule has 6 heteroatoms. The van der Waals surface area contributed by atoms with Crippen LogP contribution >= 0.6 is 11.8 Å². The van der Waals surface area contributed by atoms with Gasteiger partial charge in [0.2, 0.25) is 0 Å². The summed E-state index contributed by atoms with van der Waals surface area (Å²) in [5.41, 5.74) is 6.67. The molecule has 0 aliphatic carbocycles. The summed E-state index contributed by atoms with van der Waals surface area (Å²) in [7, 11) is 3.23. The summed E-state index contributed by atoms with van der Waals surface area (Å²) < 4.78 is 4.63. The van der Waals surface area contributed by atoms with Gasteiger partial charge in [0.25, 0.3) is 0 Å². The van der Waals surface area contributed by atoms with E-state index >= 15 is 0 Å². The Kier molecular flexibility index (Phi) is 5.09. The van der Waals surface area contributed by atoms with Gasteiger partial charge in [-0.15, -0.1) is 0 Å². The van der Waals surface area contributed by atoms with E-state index in [0.717, 1.165) is 12.3 Å². The van der Waals surface area contributed by atoms with Gasteiger partial charge in [-0.2, -0.15) is 11.8 Å². The van der Waals surface area contributed by atoms with Crippen molar-refractivity contribution in [2.24, 2.45) is 0 Å². The number of nitrogen functional groups attached to an aromatic ring is 1. The van der Waals surface area contributed by atoms with Gasteiger partial charge >= 0.3 is 5.97 Å². The van der Waals surface area contributed by atoms with Crippen molar-refractivity contribution >= 4 is 29.2 Å². The van der Waals surface area contributed by atoms with E-state index in [0.29, 0.717) is 11.5 Å². The molecule has 0 saturated carbocycles. The van der Waals surface area contributed by atoms with Crippen molar-refractivity contribution < 1.29 is 9.53 Å². The smallest absolute Gasteiger partial charge is 0.356 e. The zero-order valence-corrected chi connectivity index (χ0v) is 11.1. The summed E-state index contributed by atoms with van der Waals surface area (Å²) >= 11 is 1.74. The molecule has 0 spiro atoms. The lowest BCUT2D eigenvalue weighted by atomic mass is 10.3. The molecule has 0 aromatic carbocycles. The highest BCUT2D eigenvalue weighted by atomic mass is 32.2. The number of hydrogen-bond acceptors (Lipinski definition) is 6. The van der Waals surface area contributed by atoms with Crippen LogP contribution in [0.2, 0.25) is 0 Å². The number of rotatable bonds is 5. The highest BCUT2D eigenvalue weighted by Gasteiger charge is 2.12. The molecule has 0 aliphatic rings. The minimum absolute atomic E-state index is 0.271. The zero-order valence-electron chi connectivity index (χ0n) is 10.3. The van der Waals surface area contributed by atoms with E-state index in [2.05, 4.69) is 9.72 Å². The van der Waals surface area contributed by atoms with E-state index < -0.39 is 5.97 Å². The molecule has 17 heavy (non-hydrogen) atoms. The maximum absolute atomic E-state index is 11.4. The van der Waals surface area contributed by atoms with E-state index in [1.807, 2.05) is 18.2 Å². The molecule has 0 amide bonds. The molecule has 94 valence electrons. The molecule has 1 aromatic rings. The molecule has 1 heterocycles. The van der Waals surface area contributed by atoms with Gasteiger partial charge in [0.05, 0.1) is 12.8 Å². The van der Waals surface area contributed by atoms with Crippen LogP contribution in [0.5, 0.6) is 0 Å². The van der Waals surface area contributed by atoms with Crippen LogP contribution in [0.3, 0.4) is 0 Å². The monoisotopic (exact) mass is 255 g/mol. The Hall–Kier alpha value is -1.43. The number of nitrogens with two attached hydrogens (primary N) is 1. The molecular formula is C11H17N3O2S. The average Bonchev–Trinajstić information content (AvgIpc) is 2.35. The van der Waals surface area contributed by atoms with Gasteiger partial charge in [0.15, 0.2) is 11.5 Å². The number of carbonyl (C=O) groups is 1. The molecule has 0 aliphatic heterocycles. The first-order valence-electron chi connectivity index (χ1n) is 5.15. The summed E-state index contributed by atoms with van der Waals surface area (Å²) in [4.78, 5) is 17.5. The first kappa shape index (κ1) is 13.6. The topological polar surface area (TPSA) is 68.5 Å². The number of thioether (sulfide) groups is 1. The van der Waals surface area contributed by atoms with Crippen molar-refractivity contribution in [3.05, 3.63) is 17.8 Å². The summed E-state index contributed by atoms with van der Waals surface area (Å²) in [6, 6.07) is 3.23. The molecule has 0 atom stereocenters. The number of esters is 1. The van der Waals surface area contributed by atoms with Crippen molar-refractivity contribution in [3.63, 3.8) is 0 Å². The van der Waals surface area contributed by atoms with E-state index in [-0.39, 0.29) is 5.69 Å². The van der Waals surface area contributed by atoms with E-state index in [1.165, 1.54) is 7.11 Å². The lowest BCUT2D eigenvalue weighted by Crippen LogP contribution is -2.23. The van der Waals surface area contributed by atoms with Crippen LogP contribution in [-0.4, -0.2) is 43.7 Å². The normalized spacial score (nSPS) is 10.1. The minimum Gasteiger partial charge on any atom is -0.464 e. The van der Waals surface area contributed by atoms with Crippen molar-refractivity contribution in [1.29, 1.82) is 0 Å². The molecule has 0 fully saturated rings. The Morgan fingerprint density at radius 3 is 2.88 bits per heavy atom. The number of hydrogen-bond donors (Lipinski definition) is 1. The van der Waals surface area contributed by atoms with Crippen molar-refractivity contribution in [2.45, 2.75) is 0 Å². The second-order valence-corrected chi connectivity index (χ2v) is 4.50. The largest absolute Gasteiger partial charge is 0.464 e. The van der Waals surface area contributed by atoms with E-state index in [1.54, 1.807) is 23.9 Å². The third-order valence-electron chi connectivity index (χ3n) is 2.29. The molecule has 5 nitrogen and oxygen atoms in total. The Labute approximate surface area is 105 Å². The summed E-state index contributed by atoms with van der Waals surface area (Å²) in [5, 5.41) is 0. The molecule has 2 N–H and O–H groups in total. The minimum atomic E-state index is -0.454. The molecule has 1 rings (SSSR count). The summed E-state index contributed by atoms with van der Waals surface area (Å²) in [5.74, 6) is 1.13. The lowest BCUT2D eigenvalue weighted by Gasteiger charge is -2.19. The second kappa shape index (κ2) is 6.34. The van der Waals surface area contributed by atoms with Crippen LogP contribution in [0.1, 0.15) is 10.5 Å². The molecule has 0 saturated heterocycles. The molecule has 0 radical (unpaired) electrons. The Morgan fingerprint density at radius 1 is 1.59 bits per heavy atom. The van der Waals surface area contributed by atoms with Gasteiger partial charge in [0.1, 0.15) is 0 Å². The fourth-order valence-corrected chi connectivity index (χ4v) is 1.77. The number of pyridine rings is 1. The van der Waals surface area contributed by atoms with Gasteiger partial charge in [-0.05, 0) is 18.4 Å². The van der Waals surface area contributed by atoms with Gasteiger partial charge in [-0.25, -0.2) is 9.78 Å². The van der Waals surface area contributed by atoms with E-state index in [4.69, 9.17) is 5.73 Å². The van der Waals surface area contributed by atoms with Crippen LogP contribution in [0.15, 0.2) is 12.1 Å². The van der Waals surface area contributed by atoms with Gasteiger partial charge in [0, 0.05) is 19.3 Å². The molecule has 0 unspecified atom stereocenters. The van der Waals surface area contributed by atoms with Crippen molar-refractivity contribution in [3.8, 4) is 0 Å². The third kappa shape index (κ3) is 3.52. The Balaban J connectivity index is 2.93. The number of anilines is 2. The first-order chi connectivity index (χ1) is 8.10. The number of nitrogens with zero attached hydrogens (tertiary/aromatic N) is 2. The first-order valence-corrected chi connectivity index (χ1v) is 6.54. The van der Waals surface area contributed by atoms with Crippen LogP contribution in [0.4, 0.5) is 11.5 Å². The number of carbonyl (C=O) groups excluding carboxylic acids is 1. The van der Waals surface area contributed by atoms with Gasteiger partial charge < -0.3 is 15.4 Å². The van der Waals surface area contributed by atoms with Crippen molar-refractivity contribution in [1.82, 2.24) is 4.98 Å². The fourth-order valence-electron chi connectivity index (χ4n) is 1.32. The summed E-state index contributed by atoms with van der Waals surface area (Å²) in [6.45, 7) is 0.822. The summed E-state index contributed by atoms with van der Waals surface area (Å²) in [6.07, 6.45) is 2.04. The number of aromatic nitrogens is 1. The zero-order chi connectivity index (χ0) is 12.8. The van der Waals surface area contributed by atoms with Crippen LogP contribution in [0.25, 0.3) is 0 Å². The van der Waals surface area contributed by atoms with Gasteiger partial charge in [-0.1, -0.05) is 0 Å². The highest BCUT2D eigenvalue weighted by molar-refractivity contribution is 7.98. The third-order valence-corrected chi connectivity index (χ3v) is 2.88. The number of ether oxygens (including phenoxy) is 1. The van der Waals surface area contributed by atoms with Crippen LogP contribution in [-0.2, 0) is 4.74 Å². The van der Waals surface area contributed by atoms with Crippen LogP contribution in [0, 0.1) is 0 Å². The fraction of sp³-hybridized carbons (Fsp3) is 0.455. The predicted octanol–water partition coefficient (Wildman–Crippen LogP) is 1.25. The van der Waals surface area contributed by atoms with Crippen molar-refractivity contribution in [2.75, 3.05) is 43.3 Å². The Bertz CT molecular complexity index is 398. The quantitative estimate of drug-likeness (QED) is 0.799. The standard InChI is InChI=1S/C11H17N3O2S/c1-14(6-7-17-3)10-8(12)4-5-9(13-10)11(15)16-2/h4-5H,6-7,12H2,1-3H3. The lowest BCUT2D eigenvalue weighted by molar-refractivity contribution is 0.0594. The maximum Gasteiger partial charge on any atom is 0.356 e. The van der Waals surface area contributed by atoms with Gasteiger partial charge in [-0.3, -0.25) is 0 Å². The highest BCUT2D eigenvalue weighted by Crippen LogP contribution is 2.20. The second-order valence-electron chi connectivity index (χ2n) is 3.52. The average molecular weight is 255 g/mol. The molecule has 0 bridgehead atoms. The Morgan fingerprint density at radius 2 is 2.29 bits per heavy atom. The van der Waals surface area contributed by atoms with Crippen LogP contribution < -0.4 is 10.6 Å². The SMILES string of the molecule is COC(=O)c1ccc(N)c(N(C)CCSC)n1. The number of methoxy groups -OCH3 is 1. The van der Waals surface area contributed by atoms with E-state index in [9.17, 15) is 4.79 Å².